The van der Waals surface area contributed by atoms with Crippen LogP contribution >= 0.6 is 0 Å². The summed E-state index contributed by atoms with van der Waals surface area (Å²) < 4.78 is 0. The molecule has 0 unspecified atom stereocenters. The first-order chi connectivity index (χ1) is 6.24. The number of piperidine rings is 1. The van der Waals surface area contributed by atoms with Gasteiger partial charge in [-0.2, -0.15) is 0 Å². The molecule has 3 nitrogen and oxygen atoms in total. The summed E-state index contributed by atoms with van der Waals surface area (Å²) in [6.45, 7) is 4.85. The Morgan fingerprint density at radius 2 is 1.77 bits per heavy atom. The summed E-state index contributed by atoms with van der Waals surface area (Å²) in [4.78, 5) is 2.44. The number of rotatable bonds is 2. The fourth-order valence-corrected chi connectivity index (χ4v) is 2.53. The van der Waals surface area contributed by atoms with Crippen LogP contribution in [0.4, 0.5) is 0 Å². The third kappa shape index (κ3) is 2.42. The van der Waals surface area contributed by atoms with Gasteiger partial charge in [-0.1, -0.05) is 0 Å². The molecule has 0 aromatic rings. The molecule has 3 heteroatoms. The highest BCUT2D eigenvalue weighted by Gasteiger charge is 2.28. The third-order valence-corrected chi connectivity index (χ3v) is 3.49. The zero-order chi connectivity index (χ0) is 9.26. The number of nitrogens with zero attached hydrogens (tertiary/aromatic N) is 2. The Kier molecular flexibility index (Phi) is 2.86. The molecule has 0 radical (unpaired) electrons. The fourth-order valence-electron chi connectivity index (χ4n) is 2.53. The van der Waals surface area contributed by atoms with E-state index in [9.17, 15) is 0 Å². The van der Waals surface area contributed by atoms with Gasteiger partial charge in [0.05, 0.1) is 0 Å². The van der Waals surface area contributed by atoms with E-state index >= 15 is 0 Å². The Hall–Kier alpha value is -0.120. The second-order valence-corrected chi connectivity index (χ2v) is 4.80. The Balaban J connectivity index is 1.65. The van der Waals surface area contributed by atoms with E-state index in [4.69, 9.17) is 5.84 Å². The van der Waals surface area contributed by atoms with Crippen LogP contribution in [-0.4, -0.2) is 43.1 Å². The van der Waals surface area contributed by atoms with Gasteiger partial charge in [0.1, 0.15) is 0 Å². The molecular formula is C10H21N3. The lowest BCUT2D eigenvalue weighted by Gasteiger charge is -2.39. The summed E-state index contributed by atoms with van der Waals surface area (Å²) in [5.41, 5.74) is 0. The minimum Gasteiger partial charge on any atom is -0.306 e. The van der Waals surface area contributed by atoms with Crippen LogP contribution in [-0.2, 0) is 0 Å². The predicted molar refractivity (Wildman–Crippen MR) is 54.1 cm³/mol. The highest BCUT2D eigenvalue weighted by atomic mass is 15.4. The Bertz CT molecular complexity index is 158. The van der Waals surface area contributed by atoms with Gasteiger partial charge in [-0.15, -0.1) is 0 Å². The van der Waals surface area contributed by atoms with Gasteiger partial charge < -0.3 is 4.90 Å². The van der Waals surface area contributed by atoms with E-state index in [0.29, 0.717) is 0 Å². The van der Waals surface area contributed by atoms with Crippen molar-refractivity contribution in [3.8, 4) is 0 Å². The minimum atomic E-state index is 0.901. The van der Waals surface area contributed by atoms with Gasteiger partial charge in [0, 0.05) is 13.1 Å². The number of hydrogen-bond donors (Lipinski definition) is 1. The van der Waals surface area contributed by atoms with Gasteiger partial charge in [0.15, 0.2) is 0 Å². The fraction of sp³-hybridized carbons (Fsp3) is 1.00. The van der Waals surface area contributed by atoms with Crippen molar-refractivity contribution in [1.82, 2.24) is 9.91 Å². The highest BCUT2D eigenvalue weighted by Crippen LogP contribution is 2.27. The van der Waals surface area contributed by atoms with Crippen LogP contribution in [0.2, 0.25) is 0 Å². The molecule has 76 valence electrons. The minimum absolute atomic E-state index is 0.901. The van der Waals surface area contributed by atoms with Crippen LogP contribution in [0.5, 0.6) is 0 Å². The van der Waals surface area contributed by atoms with Crippen LogP contribution in [0.3, 0.4) is 0 Å². The van der Waals surface area contributed by atoms with Crippen molar-refractivity contribution < 1.29 is 0 Å². The summed E-state index contributed by atoms with van der Waals surface area (Å²) in [6.07, 6.45) is 4.22. The zero-order valence-corrected chi connectivity index (χ0v) is 8.58. The molecular weight excluding hydrogens is 162 g/mol. The Labute approximate surface area is 80.8 Å². The van der Waals surface area contributed by atoms with Crippen molar-refractivity contribution >= 4 is 0 Å². The monoisotopic (exact) mass is 183 g/mol. The van der Waals surface area contributed by atoms with E-state index in [2.05, 4.69) is 11.9 Å². The molecule has 0 aromatic heterocycles. The standard InChI is InChI=1S/C10H21N3/c1-12-4-2-9(3-5-12)6-10-7-13(11)8-10/h9-10H,2-8,11H2,1H3. The molecule has 13 heavy (non-hydrogen) atoms. The highest BCUT2D eigenvalue weighted by molar-refractivity contribution is 4.80. The third-order valence-electron chi connectivity index (χ3n) is 3.49. The molecule has 0 aromatic carbocycles. The van der Waals surface area contributed by atoms with Crippen molar-refractivity contribution in [1.29, 1.82) is 0 Å². The number of likely N-dealkylation sites (tertiary alicyclic amines) is 1. The molecule has 2 aliphatic heterocycles. The molecule has 0 spiro atoms. The summed E-state index contributed by atoms with van der Waals surface area (Å²) in [5.74, 6) is 7.50. The molecule has 0 saturated carbocycles. The first-order valence-corrected chi connectivity index (χ1v) is 5.42. The van der Waals surface area contributed by atoms with Gasteiger partial charge in [-0.05, 0) is 51.2 Å². The predicted octanol–water partition coefficient (Wildman–Crippen LogP) is 0.524. The van der Waals surface area contributed by atoms with Crippen molar-refractivity contribution in [2.45, 2.75) is 19.3 Å². The molecule has 2 saturated heterocycles. The molecule has 0 atom stereocenters. The van der Waals surface area contributed by atoms with Crippen LogP contribution in [0, 0.1) is 11.8 Å². The molecule has 0 amide bonds. The maximum absolute atomic E-state index is 5.62. The van der Waals surface area contributed by atoms with E-state index in [1.165, 1.54) is 32.4 Å². The van der Waals surface area contributed by atoms with Gasteiger partial charge in [-0.25, -0.2) is 5.01 Å². The van der Waals surface area contributed by atoms with E-state index < -0.39 is 0 Å². The maximum atomic E-state index is 5.62. The maximum Gasteiger partial charge on any atom is 0.0169 e. The Morgan fingerprint density at radius 1 is 1.15 bits per heavy atom. The average molecular weight is 183 g/mol. The quantitative estimate of drug-likeness (QED) is 0.634. The van der Waals surface area contributed by atoms with Gasteiger partial charge in [0.2, 0.25) is 0 Å². The molecule has 2 fully saturated rings. The second-order valence-electron chi connectivity index (χ2n) is 4.80. The first-order valence-electron chi connectivity index (χ1n) is 5.42. The van der Waals surface area contributed by atoms with E-state index in [1.807, 2.05) is 5.01 Å². The molecule has 2 rings (SSSR count). The number of nitrogens with two attached hydrogens (primary N) is 1. The van der Waals surface area contributed by atoms with Gasteiger partial charge in [-0.3, -0.25) is 5.84 Å². The summed E-state index contributed by atoms with van der Waals surface area (Å²) in [5, 5.41) is 1.93. The topological polar surface area (TPSA) is 32.5 Å². The van der Waals surface area contributed by atoms with Crippen molar-refractivity contribution in [2.24, 2.45) is 17.7 Å². The molecule has 2 heterocycles. The van der Waals surface area contributed by atoms with E-state index in [-0.39, 0.29) is 0 Å². The smallest absolute Gasteiger partial charge is 0.0169 e. The molecule has 2 N–H and O–H groups in total. The molecule has 2 aliphatic rings. The van der Waals surface area contributed by atoms with Gasteiger partial charge >= 0.3 is 0 Å². The summed E-state index contributed by atoms with van der Waals surface area (Å²) >= 11 is 0. The van der Waals surface area contributed by atoms with Crippen molar-refractivity contribution in [3.63, 3.8) is 0 Å². The summed E-state index contributed by atoms with van der Waals surface area (Å²) in [6, 6.07) is 0. The van der Waals surface area contributed by atoms with Crippen molar-refractivity contribution in [2.75, 3.05) is 33.2 Å². The van der Waals surface area contributed by atoms with E-state index in [0.717, 1.165) is 24.9 Å². The lowest BCUT2D eigenvalue weighted by atomic mass is 9.84. The lowest BCUT2D eigenvalue weighted by Crippen LogP contribution is -2.51. The average Bonchev–Trinajstić information content (AvgIpc) is 2.06. The molecule has 0 aliphatic carbocycles. The largest absolute Gasteiger partial charge is 0.306 e. The Morgan fingerprint density at radius 3 is 2.31 bits per heavy atom. The number of hydrazine groups is 1. The van der Waals surface area contributed by atoms with Crippen LogP contribution < -0.4 is 5.84 Å². The first kappa shape index (κ1) is 9.44. The summed E-state index contributed by atoms with van der Waals surface area (Å²) in [7, 11) is 2.22. The van der Waals surface area contributed by atoms with Crippen LogP contribution in [0.25, 0.3) is 0 Å². The molecule has 0 bridgehead atoms. The van der Waals surface area contributed by atoms with Crippen LogP contribution in [0.1, 0.15) is 19.3 Å². The second kappa shape index (κ2) is 3.95. The zero-order valence-electron chi connectivity index (χ0n) is 8.58. The van der Waals surface area contributed by atoms with E-state index in [1.54, 1.807) is 0 Å². The van der Waals surface area contributed by atoms with Gasteiger partial charge in [0.25, 0.3) is 0 Å². The SMILES string of the molecule is CN1CCC(CC2CN(N)C2)CC1. The number of hydrogen-bond acceptors (Lipinski definition) is 3. The normalized spacial score (nSPS) is 29.1. The van der Waals surface area contributed by atoms with Crippen molar-refractivity contribution in [3.05, 3.63) is 0 Å². The lowest BCUT2D eigenvalue weighted by molar-refractivity contribution is 0.0704. The van der Waals surface area contributed by atoms with Crippen LogP contribution in [0.15, 0.2) is 0 Å².